The van der Waals surface area contributed by atoms with E-state index in [9.17, 15) is 14.2 Å². The first-order chi connectivity index (χ1) is 24.3. The number of fused-ring (bicyclic) bond motifs is 2. The number of Topliss-reactive ketones (excluding diaryl/α,β-unsaturated/α-hetero) is 1. The van der Waals surface area contributed by atoms with Crippen molar-refractivity contribution in [3.63, 3.8) is 0 Å². The lowest BCUT2D eigenvalue weighted by Gasteiger charge is -2.14. The summed E-state index contributed by atoms with van der Waals surface area (Å²) in [5, 5.41) is 13.2. The average molecular weight is 699 g/mol. The molecule has 4 aromatic carbocycles. The third-order valence-corrected chi connectivity index (χ3v) is 10.4. The zero-order valence-electron chi connectivity index (χ0n) is 29.2. The molecule has 2 amide bonds. The number of benzene rings is 4. The number of ether oxygens (including phenoxy) is 1. The molecular weight excluding hydrogens is 659 g/mol. The van der Waals surface area contributed by atoms with Crippen molar-refractivity contribution in [2.45, 2.75) is 45.4 Å². The largest absolute Gasteiger partial charge is 0.438 e. The second-order valence-corrected chi connectivity index (χ2v) is 17.5. The maximum Gasteiger partial charge on any atom is 0.324 e. The molecule has 51 heavy (non-hydrogen) atoms. The Morgan fingerprint density at radius 2 is 1.63 bits per heavy atom. The van der Waals surface area contributed by atoms with Crippen LogP contribution in [-0.2, 0) is 34.0 Å². The molecular formula is C40H39N6O4P. The molecule has 0 radical (unpaired) electrons. The minimum Gasteiger partial charge on any atom is -0.438 e. The van der Waals surface area contributed by atoms with Crippen LogP contribution in [0, 0.1) is 0 Å². The van der Waals surface area contributed by atoms with Gasteiger partial charge in [-0.15, -0.1) is 0 Å². The molecule has 0 spiro atoms. The number of anilines is 2. The van der Waals surface area contributed by atoms with E-state index in [-0.39, 0.29) is 11.2 Å². The van der Waals surface area contributed by atoms with E-state index in [1.165, 1.54) is 0 Å². The molecule has 258 valence electrons. The summed E-state index contributed by atoms with van der Waals surface area (Å²) in [7, 11) is -2.42. The number of rotatable bonds is 8. The SMILES string of the molecule is CC(C)(C)c1cc(NC(=O)Nc2ccc(Oc3ccnc(Cc4ccc5c(c4)CC(=O)C5)n3)c3ccccc23)n(-c2ccc(P(C)(C)=O)cc2)n1. The van der Waals surface area contributed by atoms with Crippen LogP contribution >= 0.6 is 7.14 Å². The van der Waals surface area contributed by atoms with Gasteiger partial charge < -0.3 is 14.6 Å². The quantitative estimate of drug-likeness (QED) is 0.154. The van der Waals surface area contributed by atoms with Crippen LogP contribution in [0.4, 0.5) is 16.3 Å². The van der Waals surface area contributed by atoms with Crippen molar-refractivity contribution in [1.29, 1.82) is 0 Å². The Balaban J connectivity index is 1.10. The summed E-state index contributed by atoms with van der Waals surface area (Å²) in [4.78, 5) is 34.5. The number of nitrogens with zero attached hydrogens (tertiary/aromatic N) is 4. The van der Waals surface area contributed by atoms with Crippen molar-refractivity contribution >= 4 is 46.5 Å². The van der Waals surface area contributed by atoms with Crippen molar-refractivity contribution in [2.24, 2.45) is 0 Å². The summed E-state index contributed by atoms with van der Waals surface area (Å²) in [6.45, 7) is 9.67. The van der Waals surface area contributed by atoms with Crippen LogP contribution in [0.5, 0.6) is 11.6 Å². The average Bonchev–Trinajstić information content (AvgIpc) is 3.68. The van der Waals surface area contributed by atoms with Gasteiger partial charge in [0.2, 0.25) is 5.88 Å². The Morgan fingerprint density at radius 3 is 2.37 bits per heavy atom. The van der Waals surface area contributed by atoms with E-state index < -0.39 is 13.2 Å². The van der Waals surface area contributed by atoms with Gasteiger partial charge in [0.1, 0.15) is 30.3 Å². The molecule has 1 aliphatic carbocycles. The molecule has 10 nitrogen and oxygen atoms in total. The highest BCUT2D eigenvalue weighted by molar-refractivity contribution is 7.70. The summed E-state index contributed by atoms with van der Waals surface area (Å²) in [5.41, 5.74) is 5.10. The number of carbonyl (C=O) groups is 2. The lowest BCUT2D eigenvalue weighted by Crippen LogP contribution is -2.21. The highest BCUT2D eigenvalue weighted by Crippen LogP contribution is 2.36. The zero-order chi connectivity index (χ0) is 35.9. The third-order valence-electron chi connectivity index (χ3n) is 8.87. The Hall–Kier alpha value is -5.60. The molecule has 2 aromatic heterocycles. The van der Waals surface area contributed by atoms with Crippen LogP contribution < -0.4 is 20.7 Å². The highest BCUT2D eigenvalue weighted by atomic mass is 31.2. The standard InChI is InChI=1S/C40H39N6O4P/c1-40(2,3)35-24-37(46(45-35)28-12-14-30(15-13-28)51(4,5)49)44-39(48)42-33-16-17-34(32-9-7-6-8-31(32)33)50-38-18-19-41-36(43-38)21-25-10-11-26-22-29(47)23-27(26)20-25/h6-20,24H,21-23H2,1-5H3,(H2,42,44,48). The van der Waals surface area contributed by atoms with Crippen molar-refractivity contribution in [3.05, 3.63) is 125 Å². The Bertz CT molecular complexity index is 2350. The minimum absolute atomic E-state index is 0.245. The Morgan fingerprint density at radius 1 is 0.882 bits per heavy atom. The van der Waals surface area contributed by atoms with E-state index in [2.05, 4.69) is 47.4 Å². The molecule has 11 heteroatoms. The van der Waals surface area contributed by atoms with E-state index in [1.54, 1.807) is 42.4 Å². The van der Waals surface area contributed by atoms with Crippen molar-refractivity contribution in [2.75, 3.05) is 24.0 Å². The molecule has 0 bridgehead atoms. The van der Waals surface area contributed by atoms with E-state index in [1.807, 2.05) is 66.7 Å². The van der Waals surface area contributed by atoms with Crippen LogP contribution in [-0.4, -0.2) is 44.9 Å². The van der Waals surface area contributed by atoms with Gasteiger partial charge in [0, 0.05) is 59.1 Å². The first kappa shape index (κ1) is 33.9. The van der Waals surface area contributed by atoms with E-state index >= 15 is 0 Å². The van der Waals surface area contributed by atoms with Gasteiger partial charge in [0.05, 0.1) is 17.1 Å². The number of amides is 2. The number of carbonyl (C=O) groups excluding carboxylic acids is 2. The van der Waals surface area contributed by atoms with Crippen LogP contribution in [0.3, 0.4) is 0 Å². The molecule has 7 rings (SSSR count). The van der Waals surface area contributed by atoms with Gasteiger partial charge in [-0.05, 0) is 66.4 Å². The maximum atomic E-state index is 13.5. The smallest absolute Gasteiger partial charge is 0.324 e. The topological polar surface area (TPSA) is 128 Å². The first-order valence-electron chi connectivity index (χ1n) is 16.8. The fourth-order valence-electron chi connectivity index (χ4n) is 6.16. The van der Waals surface area contributed by atoms with Crippen molar-refractivity contribution in [3.8, 4) is 17.3 Å². The Labute approximate surface area is 296 Å². The van der Waals surface area contributed by atoms with E-state index in [0.29, 0.717) is 48.2 Å². The molecule has 0 atom stereocenters. The van der Waals surface area contributed by atoms with Crippen LogP contribution in [0.15, 0.2) is 97.2 Å². The summed E-state index contributed by atoms with van der Waals surface area (Å²) < 4.78 is 20.6. The third kappa shape index (κ3) is 7.47. The summed E-state index contributed by atoms with van der Waals surface area (Å²) >= 11 is 0. The normalized spacial score (nSPS) is 12.9. The van der Waals surface area contributed by atoms with Gasteiger partial charge >= 0.3 is 6.03 Å². The fraction of sp³-hybridized carbons (Fsp3) is 0.225. The number of aromatic nitrogens is 4. The van der Waals surface area contributed by atoms with Crippen LogP contribution in [0.1, 0.15) is 49.0 Å². The van der Waals surface area contributed by atoms with Gasteiger partial charge in [0.15, 0.2) is 0 Å². The molecule has 2 heterocycles. The number of hydrogen-bond acceptors (Lipinski definition) is 7. The van der Waals surface area contributed by atoms with E-state index in [4.69, 9.17) is 9.84 Å². The van der Waals surface area contributed by atoms with Crippen molar-refractivity contribution in [1.82, 2.24) is 19.7 Å². The molecule has 0 saturated carbocycles. The second-order valence-electron chi connectivity index (χ2n) is 14.3. The lowest BCUT2D eigenvalue weighted by molar-refractivity contribution is -0.117. The molecule has 1 aliphatic rings. The van der Waals surface area contributed by atoms with Gasteiger partial charge in [-0.3, -0.25) is 10.1 Å². The minimum atomic E-state index is -2.42. The van der Waals surface area contributed by atoms with E-state index in [0.717, 1.165) is 44.1 Å². The molecule has 0 fully saturated rings. The van der Waals surface area contributed by atoms with Crippen LogP contribution in [0.2, 0.25) is 0 Å². The highest BCUT2D eigenvalue weighted by Gasteiger charge is 2.23. The lowest BCUT2D eigenvalue weighted by atomic mass is 9.92. The summed E-state index contributed by atoms with van der Waals surface area (Å²) in [6, 6.07) is 27.9. The van der Waals surface area contributed by atoms with Gasteiger partial charge in [-0.25, -0.2) is 14.5 Å². The molecule has 2 N–H and O–H groups in total. The summed E-state index contributed by atoms with van der Waals surface area (Å²) in [6.07, 6.45) is 3.17. The fourth-order valence-corrected chi connectivity index (χ4v) is 7.02. The van der Waals surface area contributed by atoms with Gasteiger partial charge in [-0.2, -0.15) is 10.1 Å². The number of urea groups is 1. The van der Waals surface area contributed by atoms with Crippen LogP contribution in [0.25, 0.3) is 16.5 Å². The van der Waals surface area contributed by atoms with Gasteiger partial charge in [0.25, 0.3) is 0 Å². The Kier molecular flexibility index (Phi) is 8.81. The molecule has 0 unspecified atom stereocenters. The molecule has 6 aromatic rings. The number of nitrogens with one attached hydrogen (secondary N) is 2. The predicted octanol–water partition coefficient (Wildman–Crippen LogP) is 8.06. The monoisotopic (exact) mass is 698 g/mol. The molecule has 0 saturated heterocycles. The number of ketones is 1. The van der Waals surface area contributed by atoms with Crippen molar-refractivity contribution < 1.29 is 18.9 Å². The number of hydrogen-bond donors (Lipinski definition) is 2. The predicted molar refractivity (Wildman–Crippen MR) is 202 cm³/mol. The first-order valence-corrected chi connectivity index (χ1v) is 19.4. The summed E-state index contributed by atoms with van der Waals surface area (Å²) in [5.74, 6) is 2.33. The second kappa shape index (κ2) is 13.3. The maximum absolute atomic E-state index is 13.5. The van der Waals surface area contributed by atoms with Gasteiger partial charge in [-0.1, -0.05) is 63.2 Å². The molecule has 0 aliphatic heterocycles. The zero-order valence-corrected chi connectivity index (χ0v) is 30.1.